The van der Waals surface area contributed by atoms with Crippen molar-refractivity contribution >= 4 is 16.9 Å². The lowest BCUT2D eigenvalue weighted by Gasteiger charge is -2.17. The molecule has 128 valence electrons. The lowest BCUT2D eigenvalue weighted by atomic mass is 10.1. The second-order valence-corrected chi connectivity index (χ2v) is 5.58. The van der Waals surface area contributed by atoms with Crippen molar-refractivity contribution in [2.24, 2.45) is 0 Å². The van der Waals surface area contributed by atoms with Gasteiger partial charge in [0.25, 0.3) is 5.56 Å². The van der Waals surface area contributed by atoms with Gasteiger partial charge in [-0.2, -0.15) is 0 Å². The number of fused-ring (bicyclic) bond motifs is 1. The van der Waals surface area contributed by atoms with Gasteiger partial charge in [0.1, 0.15) is 18.6 Å². The summed E-state index contributed by atoms with van der Waals surface area (Å²) in [6, 6.07) is 10.5. The Hall–Kier alpha value is -3.22. The monoisotopic (exact) mass is 338 g/mol. The first kappa shape index (κ1) is 16.6. The van der Waals surface area contributed by atoms with Crippen LogP contribution in [-0.2, 0) is 11.3 Å². The van der Waals surface area contributed by atoms with Crippen LogP contribution in [0.2, 0.25) is 0 Å². The topological polar surface area (TPSA) is 86.1 Å². The number of ether oxygens (including phenoxy) is 1. The van der Waals surface area contributed by atoms with Crippen LogP contribution in [0.25, 0.3) is 11.0 Å². The Morgan fingerprint density at radius 1 is 1.24 bits per heavy atom. The number of para-hydroxylation sites is 1. The van der Waals surface area contributed by atoms with Crippen LogP contribution in [0.1, 0.15) is 18.5 Å². The third-order valence-corrected chi connectivity index (χ3v) is 3.89. The van der Waals surface area contributed by atoms with Crippen molar-refractivity contribution in [1.82, 2.24) is 19.9 Å². The SMILES string of the molecule is COc1ccccc1C(C)NC(=O)Cn1cnc2ncccc2c1=O. The van der Waals surface area contributed by atoms with Gasteiger partial charge in [-0.15, -0.1) is 0 Å². The molecule has 0 bridgehead atoms. The molecule has 2 aromatic heterocycles. The van der Waals surface area contributed by atoms with Crippen LogP contribution in [-0.4, -0.2) is 27.6 Å². The number of benzene rings is 1. The Kier molecular flexibility index (Phi) is 4.74. The van der Waals surface area contributed by atoms with Crippen molar-refractivity contribution in [3.05, 3.63) is 64.8 Å². The summed E-state index contributed by atoms with van der Waals surface area (Å²) in [7, 11) is 1.59. The zero-order chi connectivity index (χ0) is 17.8. The quantitative estimate of drug-likeness (QED) is 0.765. The molecule has 0 aliphatic heterocycles. The predicted octanol–water partition coefficient (Wildman–Crippen LogP) is 1.68. The van der Waals surface area contributed by atoms with Crippen LogP contribution in [0.15, 0.2) is 53.7 Å². The molecule has 0 aliphatic rings. The number of hydrogen-bond acceptors (Lipinski definition) is 5. The van der Waals surface area contributed by atoms with Gasteiger partial charge < -0.3 is 10.1 Å². The standard InChI is InChI=1S/C18H18N4O3/c1-12(13-6-3-4-8-15(13)25-2)21-16(23)10-22-11-20-17-14(18(22)24)7-5-9-19-17/h3-9,11-12H,10H2,1-2H3,(H,21,23). The van der Waals surface area contributed by atoms with E-state index in [1.165, 1.54) is 10.9 Å². The molecule has 0 spiro atoms. The highest BCUT2D eigenvalue weighted by Gasteiger charge is 2.15. The summed E-state index contributed by atoms with van der Waals surface area (Å²) in [5.74, 6) is 0.413. The number of aromatic nitrogens is 3. The van der Waals surface area contributed by atoms with E-state index >= 15 is 0 Å². The van der Waals surface area contributed by atoms with E-state index in [1.807, 2.05) is 31.2 Å². The third-order valence-electron chi connectivity index (χ3n) is 3.89. The van der Waals surface area contributed by atoms with Gasteiger partial charge in [0.15, 0.2) is 5.65 Å². The maximum atomic E-state index is 12.4. The van der Waals surface area contributed by atoms with E-state index in [4.69, 9.17) is 4.74 Å². The van der Waals surface area contributed by atoms with E-state index in [1.54, 1.807) is 25.4 Å². The zero-order valence-corrected chi connectivity index (χ0v) is 14.0. The van der Waals surface area contributed by atoms with Gasteiger partial charge in [-0.25, -0.2) is 9.97 Å². The maximum Gasteiger partial charge on any atom is 0.263 e. The van der Waals surface area contributed by atoms with Gasteiger partial charge in [0.2, 0.25) is 5.91 Å². The minimum atomic E-state index is -0.293. The third kappa shape index (κ3) is 3.50. The number of pyridine rings is 1. The summed E-state index contributed by atoms with van der Waals surface area (Å²) in [5.41, 5.74) is 0.941. The first-order valence-corrected chi connectivity index (χ1v) is 7.82. The minimum Gasteiger partial charge on any atom is -0.496 e. The first-order chi connectivity index (χ1) is 12.1. The van der Waals surface area contributed by atoms with Crippen molar-refractivity contribution in [2.75, 3.05) is 7.11 Å². The number of nitrogens with zero attached hydrogens (tertiary/aromatic N) is 3. The van der Waals surface area contributed by atoms with E-state index in [0.29, 0.717) is 16.8 Å². The van der Waals surface area contributed by atoms with E-state index in [-0.39, 0.29) is 24.1 Å². The molecule has 0 fully saturated rings. The normalized spacial score (nSPS) is 11.9. The number of methoxy groups -OCH3 is 1. The van der Waals surface area contributed by atoms with Crippen molar-refractivity contribution in [1.29, 1.82) is 0 Å². The van der Waals surface area contributed by atoms with E-state index in [9.17, 15) is 9.59 Å². The molecule has 0 saturated carbocycles. The lowest BCUT2D eigenvalue weighted by molar-refractivity contribution is -0.122. The summed E-state index contributed by atoms with van der Waals surface area (Å²) in [4.78, 5) is 32.9. The predicted molar refractivity (Wildman–Crippen MR) is 93.3 cm³/mol. The van der Waals surface area contributed by atoms with E-state index < -0.39 is 0 Å². The van der Waals surface area contributed by atoms with Crippen LogP contribution in [0.5, 0.6) is 5.75 Å². The molecule has 3 aromatic rings. The molecule has 0 saturated heterocycles. The van der Waals surface area contributed by atoms with Crippen molar-refractivity contribution in [3.63, 3.8) is 0 Å². The van der Waals surface area contributed by atoms with Crippen LogP contribution in [0.4, 0.5) is 0 Å². The van der Waals surface area contributed by atoms with Crippen LogP contribution in [0.3, 0.4) is 0 Å². The van der Waals surface area contributed by atoms with Crippen LogP contribution in [0, 0.1) is 0 Å². The fourth-order valence-electron chi connectivity index (χ4n) is 2.65. The molecule has 3 rings (SSSR count). The first-order valence-electron chi connectivity index (χ1n) is 7.82. The molecule has 1 N–H and O–H groups in total. The molecule has 7 nitrogen and oxygen atoms in total. The summed E-state index contributed by atoms with van der Waals surface area (Å²) in [5, 5.41) is 3.26. The Morgan fingerprint density at radius 2 is 2.04 bits per heavy atom. The highest BCUT2D eigenvalue weighted by Crippen LogP contribution is 2.24. The Bertz CT molecular complexity index is 968. The van der Waals surface area contributed by atoms with E-state index in [0.717, 1.165) is 5.56 Å². The molecular weight excluding hydrogens is 320 g/mol. The number of amides is 1. The van der Waals surface area contributed by atoms with Crippen molar-refractivity contribution in [3.8, 4) is 5.75 Å². The van der Waals surface area contributed by atoms with Gasteiger partial charge in [-0.3, -0.25) is 14.2 Å². The van der Waals surface area contributed by atoms with Crippen molar-refractivity contribution < 1.29 is 9.53 Å². The molecule has 0 radical (unpaired) electrons. The fraction of sp³-hybridized carbons (Fsp3) is 0.222. The van der Waals surface area contributed by atoms with Crippen LogP contribution < -0.4 is 15.6 Å². The zero-order valence-electron chi connectivity index (χ0n) is 14.0. The van der Waals surface area contributed by atoms with Gasteiger partial charge in [-0.1, -0.05) is 18.2 Å². The highest BCUT2D eigenvalue weighted by molar-refractivity contribution is 5.77. The van der Waals surface area contributed by atoms with Gasteiger partial charge >= 0.3 is 0 Å². The summed E-state index contributed by atoms with van der Waals surface area (Å²) in [6.45, 7) is 1.75. The summed E-state index contributed by atoms with van der Waals surface area (Å²) < 4.78 is 6.58. The smallest absolute Gasteiger partial charge is 0.263 e. The highest BCUT2D eigenvalue weighted by atomic mass is 16.5. The second kappa shape index (κ2) is 7.12. The summed E-state index contributed by atoms with van der Waals surface area (Å²) >= 11 is 0. The Morgan fingerprint density at radius 3 is 2.84 bits per heavy atom. The fourth-order valence-corrected chi connectivity index (χ4v) is 2.65. The van der Waals surface area contributed by atoms with Gasteiger partial charge in [0, 0.05) is 11.8 Å². The molecule has 1 aromatic carbocycles. The minimum absolute atomic E-state index is 0.115. The molecule has 7 heteroatoms. The number of hydrogen-bond donors (Lipinski definition) is 1. The lowest BCUT2D eigenvalue weighted by Crippen LogP contribution is -2.34. The molecule has 2 heterocycles. The Labute approximate surface area is 144 Å². The maximum absolute atomic E-state index is 12.4. The van der Waals surface area contributed by atoms with E-state index in [2.05, 4.69) is 15.3 Å². The average Bonchev–Trinajstić information content (AvgIpc) is 2.64. The molecule has 1 atom stereocenters. The molecule has 0 aliphatic carbocycles. The van der Waals surface area contributed by atoms with Crippen LogP contribution >= 0.6 is 0 Å². The van der Waals surface area contributed by atoms with Gasteiger partial charge in [-0.05, 0) is 25.1 Å². The molecule has 1 amide bonds. The number of carbonyl (C=O) groups is 1. The molecule has 1 unspecified atom stereocenters. The molecular formula is C18H18N4O3. The second-order valence-electron chi connectivity index (χ2n) is 5.58. The summed E-state index contributed by atoms with van der Waals surface area (Å²) in [6.07, 6.45) is 2.91. The average molecular weight is 338 g/mol. The number of rotatable bonds is 5. The van der Waals surface area contributed by atoms with Crippen molar-refractivity contribution in [2.45, 2.75) is 19.5 Å². The molecule has 25 heavy (non-hydrogen) atoms. The largest absolute Gasteiger partial charge is 0.496 e. The van der Waals surface area contributed by atoms with Gasteiger partial charge in [0.05, 0.1) is 18.5 Å². The number of nitrogens with one attached hydrogen (secondary N) is 1. The number of carbonyl (C=O) groups excluding carboxylic acids is 1. The Balaban J connectivity index is 1.77.